The molecule has 0 aromatic heterocycles. The van der Waals surface area contributed by atoms with Gasteiger partial charge < -0.3 is 0 Å². The Kier molecular flexibility index (Phi) is 5.38. The standard InChI is InChI=1S/C8HF17/c9-1(3(10,11)12)2(6(17,18)19,7(20,21)22)4(13,14)5(15,16)8(23,24)25/h1H. The van der Waals surface area contributed by atoms with Gasteiger partial charge in [0, 0.05) is 0 Å². The zero-order valence-electron chi connectivity index (χ0n) is 10.5. The summed E-state index contributed by atoms with van der Waals surface area (Å²) >= 11 is 0. The molecule has 0 radical (unpaired) electrons. The SMILES string of the molecule is FC(C(F)(F)F)C(C(F)(F)F)(C(F)(F)F)C(F)(F)C(F)(F)C(F)(F)F. The van der Waals surface area contributed by atoms with Crippen LogP contribution in [-0.2, 0) is 0 Å². The van der Waals surface area contributed by atoms with E-state index in [0.29, 0.717) is 0 Å². The minimum Gasteiger partial charge on any atom is -0.236 e. The molecule has 25 heavy (non-hydrogen) atoms. The lowest BCUT2D eigenvalue weighted by molar-refractivity contribution is -0.484. The molecule has 0 saturated carbocycles. The van der Waals surface area contributed by atoms with Gasteiger partial charge in [0.05, 0.1) is 0 Å². The molecule has 0 nitrogen and oxygen atoms in total. The number of halogens is 17. The lowest BCUT2D eigenvalue weighted by Crippen LogP contribution is -2.75. The zero-order chi connectivity index (χ0) is 21.1. The van der Waals surface area contributed by atoms with Crippen LogP contribution < -0.4 is 0 Å². The van der Waals surface area contributed by atoms with Crippen molar-refractivity contribution in [3.05, 3.63) is 0 Å². The third kappa shape index (κ3) is 3.17. The Labute approximate surface area is 124 Å². The van der Waals surface area contributed by atoms with E-state index in [2.05, 4.69) is 0 Å². The van der Waals surface area contributed by atoms with Gasteiger partial charge in [0.1, 0.15) is 0 Å². The highest BCUT2D eigenvalue weighted by Crippen LogP contribution is 2.68. The van der Waals surface area contributed by atoms with Crippen LogP contribution in [0.25, 0.3) is 0 Å². The molecule has 0 N–H and O–H groups in total. The van der Waals surface area contributed by atoms with E-state index in [-0.39, 0.29) is 0 Å². The number of rotatable bonds is 3. The molecule has 0 aromatic rings. The second-order valence-electron chi connectivity index (χ2n) is 4.35. The summed E-state index contributed by atoms with van der Waals surface area (Å²) in [7, 11) is 0. The van der Waals surface area contributed by atoms with Gasteiger partial charge >= 0.3 is 36.6 Å². The Hall–Kier alpha value is -1.19. The third-order valence-corrected chi connectivity index (χ3v) is 2.81. The Morgan fingerprint density at radius 1 is 0.400 bits per heavy atom. The summed E-state index contributed by atoms with van der Waals surface area (Å²) in [6, 6.07) is 0. The third-order valence-electron chi connectivity index (χ3n) is 2.81. The van der Waals surface area contributed by atoms with E-state index in [1.165, 1.54) is 0 Å². The summed E-state index contributed by atoms with van der Waals surface area (Å²) in [6.07, 6.45) is -38.8. The predicted molar refractivity (Wildman–Crippen MR) is 41.4 cm³/mol. The molecule has 0 heterocycles. The Morgan fingerprint density at radius 2 is 0.680 bits per heavy atom. The molecule has 0 saturated heterocycles. The molecule has 0 bridgehead atoms. The highest BCUT2D eigenvalue weighted by atomic mass is 19.4. The minimum atomic E-state index is -8.66. The molecule has 1 unspecified atom stereocenters. The number of hydrogen-bond donors (Lipinski definition) is 0. The lowest BCUT2D eigenvalue weighted by Gasteiger charge is -2.46. The van der Waals surface area contributed by atoms with Crippen molar-refractivity contribution in [2.45, 2.75) is 42.7 Å². The van der Waals surface area contributed by atoms with Crippen molar-refractivity contribution in [1.82, 2.24) is 0 Å². The van der Waals surface area contributed by atoms with Crippen molar-refractivity contribution in [1.29, 1.82) is 0 Å². The molecule has 0 aliphatic rings. The van der Waals surface area contributed by atoms with E-state index in [4.69, 9.17) is 0 Å². The van der Waals surface area contributed by atoms with Crippen LogP contribution in [0.15, 0.2) is 0 Å². The molecule has 0 fully saturated rings. The smallest absolute Gasteiger partial charge is 0.236 e. The summed E-state index contributed by atoms with van der Waals surface area (Å²) in [6.45, 7) is 0. The topological polar surface area (TPSA) is 0 Å². The fraction of sp³-hybridized carbons (Fsp3) is 1.00. The van der Waals surface area contributed by atoms with Crippen LogP contribution in [0.1, 0.15) is 0 Å². The van der Waals surface area contributed by atoms with Crippen molar-refractivity contribution in [2.24, 2.45) is 5.41 Å². The summed E-state index contributed by atoms with van der Waals surface area (Å²) < 4.78 is 210. The van der Waals surface area contributed by atoms with Crippen LogP contribution in [-0.4, -0.2) is 42.7 Å². The molecule has 0 aliphatic carbocycles. The first-order valence-corrected chi connectivity index (χ1v) is 5.07. The van der Waals surface area contributed by atoms with Crippen LogP contribution in [0.5, 0.6) is 0 Å². The van der Waals surface area contributed by atoms with Crippen molar-refractivity contribution in [3.63, 3.8) is 0 Å². The first-order chi connectivity index (χ1) is 10.4. The molecule has 0 aromatic carbocycles. The zero-order valence-corrected chi connectivity index (χ0v) is 10.5. The monoisotopic (exact) mass is 420 g/mol. The first kappa shape index (κ1) is 23.8. The van der Waals surface area contributed by atoms with E-state index < -0.39 is 48.1 Å². The number of alkyl halides is 17. The Bertz CT molecular complexity index is 455. The van der Waals surface area contributed by atoms with Gasteiger partial charge in [0.2, 0.25) is 6.17 Å². The maximum Gasteiger partial charge on any atom is 0.459 e. The largest absolute Gasteiger partial charge is 0.459 e. The molecule has 0 rings (SSSR count). The Morgan fingerprint density at radius 3 is 0.840 bits per heavy atom. The quantitative estimate of drug-likeness (QED) is 0.505. The number of hydrogen-bond acceptors (Lipinski definition) is 0. The average Bonchev–Trinajstić information content (AvgIpc) is 2.21. The summed E-state index contributed by atoms with van der Waals surface area (Å²) in [4.78, 5) is 0. The van der Waals surface area contributed by atoms with Crippen LogP contribution in [0.4, 0.5) is 74.6 Å². The van der Waals surface area contributed by atoms with Gasteiger partial charge in [0.15, 0.2) is 0 Å². The molecule has 17 heteroatoms. The van der Waals surface area contributed by atoms with E-state index in [9.17, 15) is 74.6 Å². The van der Waals surface area contributed by atoms with Crippen LogP contribution in [0.3, 0.4) is 0 Å². The van der Waals surface area contributed by atoms with Crippen molar-refractivity contribution in [3.8, 4) is 0 Å². The minimum absolute atomic E-state index is 6.90. The van der Waals surface area contributed by atoms with Gasteiger partial charge in [-0.2, -0.15) is 70.2 Å². The fourth-order valence-corrected chi connectivity index (χ4v) is 1.63. The fourth-order valence-electron chi connectivity index (χ4n) is 1.63. The highest BCUT2D eigenvalue weighted by Gasteiger charge is 2.96. The van der Waals surface area contributed by atoms with Crippen LogP contribution in [0, 0.1) is 5.41 Å². The van der Waals surface area contributed by atoms with Gasteiger partial charge in [-0.15, -0.1) is 0 Å². The van der Waals surface area contributed by atoms with Crippen molar-refractivity contribution < 1.29 is 74.6 Å². The molecule has 0 aliphatic heterocycles. The summed E-state index contributed by atoms with van der Waals surface area (Å²) in [5, 5.41) is 0. The molecule has 1 atom stereocenters. The van der Waals surface area contributed by atoms with Gasteiger partial charge in [-0.05, 0) is 0 Å². The van der Waals surface area contributed by atoms with Gasteiger partial charge in [-0.3, -0.25) is 0 Å². The predicted octanol–water partition coefficient (Wildman–Crippen LogP) is 5.83. The maximum atomic E-state index is 13.1. The Balaban J connectivity index is 7.26. The van der Waals surface area contributed by atoms with E-state index >= 15 is 0 Å². The van der Waals surface area contributed by atoms with Crippen LogP contribution >= 0.6 is 0 Å². The molecular formula is C8HF17. The van der Waals surface area contributed by atoms with E-state index in [0.717, 1.165) is 0 Å². The highest BCUT2D eigenvalue weighted by molar-refractivity contribution is 5.15. The molecule has 0 spiro atoms. The van der Waals surface area contributed by atoms with Gasteiger partial charge in [-0.1, -0.05) is 0 Å². The summed E-state index contributed by atoms with van der Waals surface area (Å²) in [5.41, 5.74) is -8.44. The molecule has 0 amide bonds. The van der Waals surface area contributed by atoms with Crippen molar-refractivity contribution in [2.75, 3.05) is 0 Å². The normalized spacial score (nSPS) is 17.6. The molecule has 152 valence electrons. The molecular weight excluding hydrogens is 419 g/mol. The second-order valence-corrected chi connectivity index (χ2v) is 4.35. The average molecular weight is 420 g/mol. The van der Waals surface area contributed by atoms with Gasteiger partial charge in [0.25, 0.3) is 5.41 Å². The second kappa shape index (κ2) is 5.65. The van der Waals surface area contributed by atoms with Crippen LogP contribution in [0.2, 0.25) is 0 Å². The summed E-state index contributed by atoms with van der Waals surface area (Å²) in [5.74, 6) is -17.0. The van der Waals surface area contributed by atoms with Gasteiger partial charge in [-0.25, -0.2) is 4.39 Å². The van der Waals surface area contributed by atoms with E-state index in [1.54, 1.807) is 0 Å². The lowest BCUT2D eigenvalue weighted by atomic mass is 9.71. The van der Waals surface area contributed by atoms with E-state index in [1.807, 2.05) is 0 Å². The van der Waals surface area contributed by atoms with Crippen molar-refractivity contribution >= 4 is 0 Å². The maximum absolute atomic E-state index is 13.1. The first-order valence-electron chi connectivity index (χ1n) is 5.07.